The number of carbonyl (C=O) groups excluding carboxylic acids is 1. The predicted molar refractivity (Wildman–Crippen MR) is 247 cm³/mol. The number of amides is 1. The minimum Gasteiger partial charge on any atom is -0.481 e. The Morgan fingerprint density at radius 1 is 0.678 bits per heavy atom. The molecule has 2 unspecified atom stereocenters. The van der Waals surface area contributed by atoms with Gasteiger partial charge in [-0.3, -0.25) is 9.59 Å². The topological polar surface area (TPSA) is 145 Å². The molecule has 8 heterocycles. The second kappa shape index (κ2) is 18.9. The molecule has 6 aromatic heterocycles. The molecule has 11 nitrogen and oxygen atoms in total. The predicted octanol–water partition coefficient (Wildman–Crippen LogP) is 11.4. The number of hydrogen-bond donors (Lipinski definition) is 4. The van der Waals surface area contributed by atoms with Crippen LogP contribution >= 0.6 is 45.3 Å². The monoisotopic (exact) mass is 862 g/mol. The number of rotatable bonds is 6. The quantitative estimate of drug-likeness (QED) is 0.127. The number of carboxylic acid groups (broad SMARTS) is 1. The normalized spacial score (nSPS) is 17.1. The van der Waals surface area contributed by atoms with Gasteiger partial charge in [-0.1, -0.05) is 0 Å². The van der Waals surface area contributed by atoms with Crippen molar-refractivity contribution in [2.24, 2.45) is 0 Å². The molecule has 15 heteroatoms. The largest absolute Gasteiger partial charge is 0.481 e. The van der Waals surface area contributed by atoms with Crippen LogP contribution in [-0.2, 0) is 9.59 Å². The van der Waals surface area contributed by atoms with Crippen LogP contribution in [0.3, 0.4) is 0 Å². The number of likely N-dealkylation sites (tertiary alicyclic amines) is 1. The molecule has 2 saturated heterocycles. The van der Waals surface area contributed by atoms with Gasteiger partial charge in [-0.25, -0.2) is 19.9 Å². The third-order valence-electron chi connectivity index (χ3n) is 10.7. The van der Waals surface area contributed by atoms with Gasteiger partial charge in [0.1, 0.15) is 9.66 Å². The summed E-state index contributed by atoms with van der Waals surface area (Å²) in [5.74, 6) is 0.508. The highest BCUT2D eigenvalue weighted by Gasteiger charge is 2.23. The Bertz CT molecular complexity index is 2690. The number of anilines is 4. The summed E-state index contributed by atoms with van der Waals surface area (Å²) in [4.78, 5) is 45.8. The zero-order chi connectivity index (χ0) is 40.7. The molecule has 304 valence electrons. The van der Waals surface area contributed by atoms with Gasteiger partial charge in [0.25, 0.3) is 5.97 Å². The fraction of sp³-hybridized carbons (Fsp3) is 0.318. The van der Waals surface area contributed by atoms with Gasteiger partial charge in [-0.15, -0.1) is 45.3 Å². The minimum atomic E-state index is -0.833. The van der Waals surface area contributed by atoms with E-state index in [0.717, 1.165) is 95.8 Å². The van der Waals surface area contributed by atoms with Crippen molar-refractivity contribution in [2.75, 3.05) is 36.8 Å². The van der Waals surface area contributed by atoms with Crippen LogP contribution in [0, 0.1) is 0 Å². The molecule has 0 saturated carbocycles. The summed E-state index contributed by atoms with van der Waals surface area (Å²) in [7, 11) is 0. The first-order chi connectivity index (χ1) is 28.8. The lowest BCUT2D eigenvalue weighted by atomic mass is 9.98. The first kappa shape index (κ1) is 40.7. The molecule has 4 N–H and O–H groups in total. The number of hydrogen-bond acceptors (Lipinski definition) is 13. The number of aromatic nitrogens is 4. The lowest BCUT2D eigenvalue weighted by Gasteiger charge is -2.18. The number of fused-ring (bicyclic) bond motifs is 4. The van der Waals surface area contributed by atoms with Crippen LogP contribution in [0.4, 0.5) is 22.7 Å². The van der Waals surface area contributed by atoms with Crippen LogP contribution in [0.2, 0.25) is 0 Å². The fourth-order valence-corrected chi connectivity index (χ4v) is 11.4. The Labute approximate surface area is 358 Å². The molecule has 10 rings (SSSR count). The van der Waals surface area contributed by atoms with Gasteiger partial charge in [0.2, 0.25) is 5.91 Å². The van der Waals surface area contributed by atoms with E-state index in [2.05, 4.69) is 90.5 Å². The fourth-order valence-electron chi connectivity index (χ4n) is 7.72. The number of aliphatic carboxylic acids is 1. The Balaban J connectivity index is 0.000000151. The first-order valence-corrected chi connectivity index (χ1v) is 23.3. The van der Waals surface area contributed by atoms with Crippen LogP contribution in [0.25, 0.3) is 40.9 Å². The maximum absolute atomic E-state index is 11.7. The maximum atomic E-state index is 11.7. The first-order valence-electron chi connectivity index (χ1n) is 19.9. The van der Waals surface area contributed by atoms with Crippen molar-refractivity contribution in [3.05, 3.63) is 93.8 Å². The van der Waals surface area contributed by atoms with Crippen LogP contribution in [0.5, 0.6) is 0 Å². The van der Waals surface area contributed by atoms with Crippen LogP contribution in [0.15, 0.2) is 84.1 Å². The molecule has 59 heavy (non-hydrogen) atoms. The molecule has 0 radical (unpaired) electrons. The van der Waals surface area contributed by atoms with Gasteiger partial charge in [0.05, 0.1) is 42.8 Å². The van der Waals surface area contributed by atoms with Crippen LogP contribution in [0.1, 0.15) is 74.0 Å². The van der Waals surface area contributed by atoms with Crippen molar-refractivity contribution in [3.8, 4) is 0 Å². The molecular formula is C44H46N8O3S4. The third-order valence-corrected chi connectivity index (χ3v) is 14.7. The second-order valence-electron chi connectivity index (χ2n) is 14.8. The highest BCUT2D eigenvalue weighted by molar-refractivity contribution is 7.19. The number of nitrogens with one attached hydrogen (secondary N) is 3. The van der Waals surface area contributed by atoms with Crippen LogP contribution < -0.4 is 16.0 Å². The van der Waals surface area contributed by atoms with Crippen molar-refractivity contribution in [1.29, 1.82) is 0 Å². The van der Waals surface area contributed by atoms with Crippen molar-refractivity contribution in [1.82, 2.24) is 30.2 Å². The van der Waals surface area contributed by atoms with E-state index in [1.165, 1.54) is 49.2 Å². The molecule has 2 aromatic carbocycles. The van der Waals surface area contributed by atoms with Gasteiger partial charge in [-0.05, 0) is 124 Å². The Kier molecular flexibility index (Phi) is 13.0. The van der Waals surface area contributed by atoms with Gasteiger partial charge in [0, 0.05) is 71.2 Å². The number of benzene rings is 2. The Morgan fingerprint density at radius 2 is 1.22 bits per heavy atom. The number of carbonyl (C=O) groups is 2. The minimum absolute atomic E-state index is 0.187. The Hall–Kier alpha value is -5.06. The van der Waals surface area contributed by atoms with Gasteiger partial charge in [0.15, 0.2) is 0 Å². The Morgan fingerprint density at radius 3 is 1.78 bits per heavy atom. The summed E-state index contributed by atoms with van der Waals surface area (Å²) < 4.78 is 2.41. The molecule has 1 amide bonds. The van der Waals surface area contributed by atoms with E-state index in [1.807, 2.05) is 45.7 Å². The number of thiazole rings is 2. The zero-order valence-corrected chi connectivity index (χ0v) is 36.2. The highest BCUT2D eigenvalue weighted by atomic mass is 32.1. The highest BCUT2D eigenvalue weighted by Crippen LogP contribution is 2.40. The van der Waals surface area contributed by atoms with E-state index in [0.29, 0.717) is 11.8 Å². The third kappa shape index (κ3) is 10.0. The van der Waals surface area contributed by atoms with Gasteiger partial charge >= 0.3 is 0 Å². The summed E-state index contributed by atoms with van der Waals surface area (Å²) in [5.41, 5.74) is 10.1. The molecule has 2 aliphatic heterocycles. The number of pyridine rings is 2. The SMILES string of the molecule is CC(=O)N1CCCC(c2cc3c(Nc4ccc5scnc5c4)ccnc3s2)CC1.CC(=O)O.c1cc(Nc2ccc3scnc3c2)c2cc(C3CCCNCC3)sc2n1. The summed E-state index contributed by atoms with van der Waals surface area (Å²) in [6.07, 6.45) is 10.7. The van der Waals surface area contributed by atoms with Crippen molar-refractivity contribution in [2.45, 2.75) is 64.2 Å². The summed E-state index contributed by atoms with van der Waals surface area (Å²) >= 11 is 6.97. The summed E-state index contributed by atoms with van der Waals surface area (Å²) in [5, 5.41) is 20.5. The van der Waals surface area contributed by atoms with E-state index < -0.39 is 5.97 Å². The van der Waals surface area contributed by atoms with E-state index >= 15 is 0 Å². The summed E-state index contributed by atoms with van der Waals surface area (Å²) in [6, 6.07) is 21.4. The van der Waals surface area contributed by atoms with Gasteiger partial charge in [-0.2, -0.15) is 0 Å². The second-order valence-corrected chi connectivity index (χ2v) is 18.7. The van der Waals surface area contributed by atoms with E-state index in [1.54, 1.807) is 40.9 Å². The van der Waals surface area contributed by atoms with Crippen molar-refractivity contribution in [3.63, 3.8) is 0 Å². The number of nitrogens with zero attached hydrogens (tertiary/aromatic N) is 5. The average Bonchev–Trinajstić information content (AvgIpc) is 4.00. The van der Waals surface area contributed by atoms with E-state index in [-0.39, 0.29) is 5.91 Å². The smallest absolute Gasteiger partial charge is 0.300 e. The molecule has 2 aliphatic rings. The van der Waals surface area contributed by atoms with Crippen LogP contribution in [-0.4, -0.2) is 68.0 Å². The van der Waals surface area contributed by atoms with E-state index in [4.69, 9.17) is 9.90 Å². The standard InChI is InChI=1S/C22H22N4OS2.C20H20N4S2.C2H4O2/c1-14(27)26-9-2-3-15(7-10-26)21-12-17-18(6-8-23-22(17)29-21)25-16-4-5-20-19(11-16)24-13-28-20;1-2-13(5-8-21-7-1)19-11-15-16(6-9-22-20(15)26-19)24-14-3-4-18-17(10-14)23-12-25-18;1-2(3)4/h4-6,8,11-13,15H,2-3,7,9-10H2,1H3,(H,23,25);3-4,6,9-13,21H,1-2,5,7-8H2,(H,22,24);1H3,(H,3,4). The molecule has 8 aromatic rings. The molecule has 0 aliphatic carbocycles. The molecule has 0 bridgehead atoms. The molecular weight excluding hydrogens is 817 g/mol. The summed E-state index contributed by atoms with van der Waals surface area (Å²) in [6.45, 7) is 6.74. The number of thiophene rings is 2. The van der Waals surface area contributed by atoms with Crippen molar-refractivity contribution < 1.29 is 14.7 Å². The lowest BCUT2D eigenvalue weighted by Crippen LogP contribution is -2.29. The van der Waals surface area contributed by atoms with Crippen molar-refractivity contribution >= 4 is 121 Å². The maximum Gasteiger partial charge on any atom is 0.300 e. The molecule has 2 fully saturated rings. The average molecular weight is 863 g/mol. The zero-order valence-electron chi connectivity index (χ0n) is 32.9. The molecule has 0 spiro atoms. The molecule has 2 atom stereocenters. The number of carboxylic acids is 1. The van der Waals surface area contributed by atoms with E-state index in [9.17, 15) is 4.79 Å². The lowest BCUT2D eigenvalue weighted by molar-refractivity contribution is -0.134. The van der Waals surface area contributed by atoms with Gasteiger partial charge < -0.3 is 26.0 Å².